The molecule has 2 aliphatic rings. The van der Waals surface area contributed by atoms with Gasteiger partial charge in [0.15, 0.2) is 5.54 Å². The summed E-state index contributed by atoms with van der Waals surface area (Å²) in [5.74, 6) is -3.57. The minimum atomic E-state index is -2.60. The maximum absolute atomic E-state index is 13.2. The first-order valence-corrected chi connectivity index (χ1v) is 6.97. The van der Waals surface area contributed by atoms with Crippen LogP contribution in [0.3, 0.4) is 0 Å². The highest BCUT2D eigenvalue weighted by molar-refractivity contribution is 6.30. The van der Waals surface area contributed by atoms with E-state index in [-0.39, 0.29) is 18.3 Å². The zero-order valence-electron chi connectivity index (χ0n) is 10.8. The molecular formula is C13H15ClF2N2O2. The van der Waals surface area contributed by atoms with Crippen LogP contribution >= 0.6 is 11.6 Å². The first-order valence-electron chi connectivity index (χ1n) is 6.59. The van der Waals surface area contributed by atoms with Gasteiger partial charge in [0.05, 0.1) is 11.2 Å². The minimum Gasteiger partial charge on any atom is -0.479 e. The van der Waals surface area contributed by atoms with Crippen LogP contribution < -0.4 is 0 Å². The number of aromatic nitrogens is 2. The van der Waals surface area contributed by atoms with Crippen LogP contribution in [0.4, 0.5) is 8.78 Å². The zero-order valence-corrected chi connectivity index (χ0v) is 11.5. The standard InChI is InChI=1S/C13H15ClF2N2O2/c14-9-5-17-18(6-9)12(10(19)20)7-11(8-12)1-3-13(15,16)4-2-11/h5-6H,1-4,7-8H2,(H,19,20). The van der Waals surface area contributed by atoms with Crippen LogP contribution in [0.1, 0.15) is 38.5 Å². The van der Waals surface area contributed by atoms with Crippen molar-refractivity contribution >= 4 is 17.6 Å². The monoisotopic (exact) mass is 304 g/mol. The molecule has 0 amide bonds. The normalized spacial score (nSPS) is 26.1. The lowest BCUT2D eigenvalue weighted by molar-refractivity contribution is -0.174. The number of nitrogens with zero attached hydrogens (tertiary/aromatic N) is 2. The van der Waals surface area contributed by atoms with Crippen molar-refractivity contribution in [2.75, 3.05) is 0 Å². The average molecular weight is 305 g/mol. The molecule has 0 aromatic carbocycles. The number of carbonyl (C=O) groups is 1. The van der Waals surface area contributed by atoms with Gasteiger partial charge in [-0.1, -0.05) is 11.6 Å². The molecule has 0 unspecified atom stereocenters. The molecule has 1 heterocycles. The smallest absolute Gasteiger partial charge is 0.331 e. The van der Waals surface area contributed by atoms with E-state index >= 15 is 0 Å². The maximum Gasteiger partial charge on any atom is 0.331 e. The fraction of sp³-hybridized carbons (Fsp3) is 0.692. The Labute approximate surface area is 119 Å². The van der Waals surface area contributed by atoms with Crippen molar-refractivity contribution in [1.82, 2.24) is 9.78 Å². The summed E-state index contributed by atoms with van der Waals surface area (Å²) in [6, 6.07) is 0. The third-order valence-corrected chi connectivity index (χ3v) is 4.96. The van der Waals surface area contributed by atoms with Crippen molar-refractivity contribution in [1.29, 1.82) is 0 Å². The molecule has 20 heavy (non-hydrogen) atoms. The number of rotatable bonds is 2. The van der Waals surface area contributed by atoms with Gasteiger partial charge in [-0.25, -0.2) is 13.6 Å². The molecule has 0 aliphatic heterocycles. The van der Waals surface area contributed by atoms with Crippen LogP contribution in [0.2, 0.25) is 5.02 Å². The maximum atomic E-state index is 13.2. The molecule has 4 nitrogen and oxygen atoms in total. The lowest BCUT2D eigenvalue weighted by atomic mass is 9.51. The second-order valence-electron chi connectivity index (χ2n) is 6.15. The summed E-state index contributed by atoms with van der Waals surface area (Å²) in [7, 11) is 0. The summed E-state index contributed by atoms with van der Waals surface area (Å²) in [4.78, 5) is 11.6. The van der Waals surface area contributed by atoms with E-state index in [0.717, 1.165) is 0 Å². The quantitative estimate of drug-likeness (QED) is 0.912. The molecule has 2 fully saturated rings. The first kappa shape index (κ1) is 13.8. The number of alkyl halides is 2. The fourth-order valence-electron chi connectivity index (χ4n) is 3.63. The Morgan fingerprint density at radius 2 is 1.90 bits per heavy atom. The molecule has 1 aromatic rings. The van der Waals surface area contributed by atoms with Crippen molar-refractivity contribution in [2.24, 2.45) is 5.41 Å². The lowest BCUT2D eigenvalue weighted by Gasteiger charge is -2.56. The van der Waals surface area contributed by atoms with Gasteiger partial charge in [0.25, 0.3) is 0 Å². The number of halogens is 3. The number of hydrogen-bond donors (Lipinski definition) is 1. The summed E-state index contributed by atoms with van der Waals surface area (Å²) in [5.41, 5.74) is -1.40. The van der Waals surface area contributed by atoms with Crippen molar-refractivity contribution in [2.45, 2.75) is 50.0 Å². The van der Waals surface area contributed by atoms with E-state index in [1.54, 1.807) is 0 Å². The average Bonchev–Trinajstić information content (AvgIpc) is 2.73. The van der Waals surface area contributed by atoms with Crippen LogP contribution in [0.5, 0.6) is 0 Å². The second-order valence-corrected chi connectivity index (χ2v) is 6.59. The van der Waals surface area contributed by atoms with Gasteiger partial charge in [0.1, 0.15) is 0 Å². The molecule has 2 saturated carbocycles. The van der Waals surface area contributed by atoms with E-state index in [9.17, 15) is 18.7 Å². The van der Waals surface area contributed by atoms with Gasteiger partial charge in [-0.05, 0) is 31.1 Å². The molecule has 7 heteroatoms. The second kappa shape index (κ2) is 4.16. The van der Waals surface area contributed by atoms with Gasteiger partial charge in [-0.15, -0.1) is 0 Å². The molecule has 1 N–H and O–H groups in total. The van der Waals surface area contributed by atoms with E-state index in [4.69, 9.17) is 11.6 Å². The highest BCUT2D eigenvalue weighted by atomic mass is 35.5. The van der Waals surface area contributed by atoms with E-state index in [0.29, 0.717) is 30.7 Å². The molecule has 2 aliphatic carbocycles. The molecule has 1 spiro atoms. The summed E-state index contributed by atoms with van der Waals surface area (Å²) in [6.45, 7) is 0. The Morgan fingerprint density at radius 1 is 1.30 bits per heavy atom. The van der Waals surface area contributed by atoms with Crippen LogP contribution in [0, 0.1) is 5.41 Å². The van der Waals surface area contributed by atoms with Gasteiger partial charge < -0.3 is 5.11 Å². The molecule has 3 rings (SSSR count). The highest BCUT2D eigenvalue weighted by Crippen LogP contribution is 2.61. The highest BCUT2D eigenvalue weighted by Gasteiger charge is 2.62. The molecule has 0 bridgehead atoms. The Bertz CT molecular complexity index is 540. The van der Waals surface area contributed by atoms with Crippen molar-refractivity contribution in [3.8, 4) is 0 Å². The van der Waals surface area contributed by atoms with E-state index in [1.165, 1.54) is 17.1 Å². The molecule has 110 valence electrons. The number of hydrogen-bond acceptors (Lipinski definition) is 2. The largest absolute Gasteiger partial charge is 0.479 e. The summed E-state index contributed by atoms with van der Waals surface area (Å²) in [5, 5.41) is 13.9. The molecule has 0 atom stereocenters. The third-order valence-electron chi connectivity index (χ3n) is 4.76. The predicted octanol–water partition coefficient (Wildman–Crippen LogP) is 3.31. The van der Waals surface area contributed by atoms with Crippen LogP contribution in [-0.2, 0) is 10.3 Å². The zero-order chi connectivity index (χ0) is 14.6. The summed E-state index contributed by atoms with van der Waals surface area (Å²) in [6.07, 6.45) is 4.04. The van der Waals surface area contributed by atoms with Crippen molar-refractivity contribution in [3.63, 3.8) is 0 Å². The fourth-order valence-corrected chi connectivity index (χ4v) is 3.77. The van der Waals surface area contributed by atoms with Gasteiger partial charge in [-0.2, -0.15) is 5.10 Å². The molecular weight excluding hydrogens is 290 g/mol. The summed E-state index contributed by atoms with van der Waals surface area (Å²) >= 11 is 5.79. The number of aliphatic carboxylic acids is 1. The molecule has 0 radical (unpaired) electrons. The van der Waals surface area contributed by atoms with E-state index < -0.39 is 17.4 Å². The Morgan fingerprint density at radius 3 is 2.35 bits per heavy atom. The van der Waals surface area contributed by atoms with Gasteiger partial charge >= 0.3 is 5.97 Å². The molecule has 1 aromatic heterocycles. The minimum absolute atomic E-state index is 0.150. The van der Waals surface area contributed by atoms with Gasteiger partial charge in [0.2, 0.25) is 5.92 Å². The predicted molar refractivity (Wildman–Crippen MR) is 67.9 cm³/mol. The van der Waals surface area contributed by atoms with Gasteiger partial charge in [-0.3, -0.25) is 4.68 Å². The third kappa shape index (κ3) is 2.01. The Balaban J connectivity index is 1.80. The SMILES string of the molecule is O=C(O)C1(n2cc(Cl)cn2)CC2(CCC(F)(F)CC2)C1. The Kier molecular flexibility index (Phi) is 2.87. The van der Waals surface area contributed by atoms with Crippen molar-refractivity contribution in [3.05, 3.63) is 17.4 Å². The lowest BCUT2D eigenvalue weighted by Crippen LogP contribution is -2.59. The van der Waals surface area contributed by atoms with E-state index in [2.05, 4.69) is 5.10 Å². The van der Waals surface area contributed by atoms with Gasteiger partial charge in [0, 0.05) is 19.0 Å². The number of carboxylic acid groups (broad SMARTS) is 1. The molecule has 0 saturated heterocycles. The van der Waals surface area contributed by atoms with E-state index in [1.807, 2.05) is 0 Å². The number of carboxylic acids is 1. The Hall–Kier alpha value is -1.17. The van der Waals surface area contributed by atoms with Crippen LogP contribution in [0.15, 0.2) is 12.4 Å². The van der Waals surface area contributed by atoms with Crippen molar-refractivity contribution < 1.29 is 18.7 Å². The first-order chi connectivity index (χ1) is 9.27. The van der Waals surface area contributed by atoms with Crippen LogP contribution in [-0.4, -0.2) is 26.8 Å². The van der Waals surface area contributed by atoms with Crippen LogP contribution in [0.25, 0.3) is 0 Å². The summed E-state index contributed by atoms with van der Waals surface area (Å²) < 4.78 is 27.8. The topological polar surface area (TPSA) is 55.1 Å².